The highest BCUT2D eigenvalue weighted by molar-refractivity contribution is 6.01. The number of aliphatic carboxylic acids is 1. The lowest BCUT2D eigenvalue weighted by Gasteiger charge is -2.40. The number of carboxylic acid groups (broad SMARTS) is 1. The van der Waals surface area contributed by atoms with E-state index in [1.54, 1.807) is 24.3 Å². The van der Waals surface area contributed by atoms with Crippen LogP contribution in [0.5, 0.6) is 0 Å². The smallest absolute Gasteiger partial charge is 0.323 e. The second kappa shape index (κ2) is 9.71. The van der Waals surface area contributed by atoms with Crippen molar-refractivity contribution >= 4 is 29.4 Å². The van der Waals surface area contributed by atoms with Gasteiger partial charge in [-0.1, -0.05) is 36.9 Å². The molecule has 1 aliphatic rings. The predicted octanol–water partition coefficient (Wildman–Crippen LogP) is 1.79. The minimum absolute atomic E-state index is 0.148. The first-order valence-corrected chi connectivity index (χ1v) is 9.78. The third-order valence-corrected chi connectivity index (χ3v) is 5.03. The molecule has 160 valence electrons. The zero-order valence-electron chi connectivity index (χ0n) is 16.9. The number of nitrogens with one attached hydrogen (secondary N) is 1. The van der Waals surface area contributed by atoms with Crippen molar-refractivity contribution in [3.63, 3.8) is 0 Å². The second-order valence-electron chi connectivity index (χ2n) is 7.13. The van der Waals surface area contributed by atoms with Gasteiger partial charge in [0.1, 0.15) is 12.6 Å². The molecule has 3 amide bonds. The summed E-state index contributed by atoms with van der Waals surface area (Å²) in [5.41, 5.74) is 1.76. The van der Waals surface area contributed by atoms with Gasteiger partial charge in [0.25, 0.3) is 5.91 Å². The maximum absolute atomic E-state index is 13.2. The van der Waals surface area contributed by atoms with Crippen LogP contribution in [0, 0.1) is 0 Å². The molecule has 8 heteroatoms. The molecular formula is C23H23N3O5. The summed E-state index contributed by atoms with van der Waals surface area (Å²) in [4.78, 5) is 51.5. The fourth-order valence-corrected chi connectivity index (χ4v) is 3.49. The van der Waals surface area contributed by atoms with E-state index >= 15 is 0 Å². The maximum atomic E-state index is 13.2. The molecule has 31 heavy (non-hydrogen) atoms. The molecule has 3 rings (SSSR count). The van der Waals surface area contributed by atoms with Gasteiger partial charge in [-0.25, -0.2) is 0 Å². The van der Waals surface area contributed by atoms with Crippen LogP contribution in [0.4, 0.5) is 5.69 Å². The molecule has 0 spiro atoms. The summed E-state index contributed by atoms with van der Waals surface area (Å²) >= 11 is 0. The standard InChI is InChI=1S/C23H23N3O5/c1-2-20(27)24-18-10-8-17(9-11-18)22(30)26-13-12-25(15-21(28)29)23(31)19(26)14-16-6-4-3-5-7-16/h2-11,19H,1,12-15H2,(H,24,27)(H,28,29)/t19-/m0/s1. The Bertz CT molecular complexity index is 988. The van der Waals surface area contributed by atoms with Crippen LogP contribution in [0.25, 0.3) is 0 Å². The second-order valence-corrected chi connectivity index (χ2v) is 7.13. The molecule has 0 aromatic heterocycles. The number of hydrogen-bond donors (Lipinski definition) is 2. The predicted molar refractivity (Wildman–Crippen MR) is 114 cm³/mol. The first-order chi connectivity index (χ1) is 14.9. The van der Waals surface area contributed by atoms with E-state index < -0.39 is 18.6 Å². The Morgan fingerprint density at radius 2 is 1.74 bits per heavy atom. The normalized spacial score (nSPS) is 16.0. The van der Waals surface area contributed by atoms with Gasteiger partial charge in [0.15, 0.2) is 0 Å². The first kappa shape index (κ1) is 21.8. The molecule has 2 aromatic rings. The van der Waals surface area contributed by atoms with E-state index in [0.717, 1.165) is 11.6 Å². The summed E-state index contributed by atoms with van der Waals surface area (Å²) in [5.74, 6) is -2.17. The van der Waals surface area contributed by atoms with Gasteiger partial charge in [0.2, 0.25) is 11.8 Å². The van der Waals surface area contributed by atoms with Crippen molar-refractivity contribution in [2.24, 2.45) is 0 Å². The monoisotopic (exact) mass is 421 g/mol. The molecule has 1 saturated heterocycles. The molecule has 2 N–H and O–H groups in total. The number of carbonyl (C=O) groups is 4. The molecule has 0 saturated carbocycles. The SMILES string of the molecule is C=CC(=O)Nc1ccc(C(=O)N2CCN(CC(=O)O)C(=O)[C@@H]2Cc2ccccc2)cc1. The van der Waals surface area contributed by atoms with Crippen molar-refractivity contribution in [3.8, 4) is 0 Å². The van der Waals surface area contributed by atoms with E-state index in [1.807, 2.05) is 30.3 Å². The first-order valence-electron chi connectivity index (χ1n) is 9.78. The minimum Gasteiger partial charge on any atom is -0.480 e. The van der Waals surface area contributed by atoms with E-state index in [2.05, 4.69) is 11.9 Å². The Hall–Kier alpha value is -3.94. The lowest BCUT2D eigenvalue weighted by molar-refractivity contribution is -0.149. The number of carboxylic acids is 1. The molecule has 0 aliphatic carbocycles. The van der Waals surface area contributed by atoms with E-state index in [0.29, 0.717) is 11.3 Å². The van der Waals surface area contributed by atoms with E-state index in [1.165, 1.54) is 9.80 Å². The van der Waals surface area contributed by atoms with Crippen LogP contribution in [0.15, 0.2) is 67.3 Å². The van der Waals surface area contributed by atoms with Crippen molar-refractivity contribution in [3.05, 3.63) is 78.4 Å². The molecule has 1 heterocycles. The van der Waals surface area contributed by atoms with E-state index in [-0.39, 0.29) is 37.2 Å². The lowest BCUT2D eigenvalue weighted by Crippen LogP contribution is -2.60. The molecule has 0 unspecified atom stereocenters. The number of benzene rings is 2. The van der Waals surface area contributed by atoms with Gasteiger partial charge in [-0.2, -0.15) is 0 Å². The number of hydrogen-bond acceptors (Lipinski definition) is 4. The molecule has 1 fully saturated rings. The average Bonchev–Trinajstić information content (AvgIpc) is 2.77. The van der Waals surface area contributed by atoms with Crippen LogP contribution in [0.2, 0.25) is 0 Å². The van der Waals surface area contributed by atoms with Crippen LogP contribution >= 0.6 is 0 Å². The van der Waals surface area contributed by atoms with Gasteiger partial charge >= 0.3 is 5.97 Å². The molecule has 2 aromatic carbocycles. The molecular weight excluding hydrogens is 398 g/mol. The Balaban J connectivity index is 1.83. The van der Waals surface area contributed by atoms with E-state index in [9.17, 15) is 19.2 Å². The van der Waals surface area contributed by atoms with Gasteiger partial charge in [0.05, 0.1) is 0 Å². The zero-order chi connectivity index (χ0) is 22.4. The lowest BCUT2D eigenvalue weighted by atomic mass is 10.00. The van der Waals surface area contributed by atoms with Gasteiger partial charge < -0.3 is 20.2 Å². The number of carbonyl (C=O) groups excluding carboxylic acids is 3. The van der Waals surface area contributed by atoms with Gasteiger partial charge in [0, 0.05) is 30.8 Å². The van der Waals surface area contributed by atoms with Crippen LogP contribution in [-0.2, 0) is 20.8 Å². The van der Waals surface area contributed by atoms with Gasteiger partial charge in [-0.15, -0.1) is 0 Å². The van der Waals surface area contributed by atoms with E-state index in [4.69, 9.17) is 5.11 Å². The average molecular weight is 421 g/mol. The van der Waals surface area contributed by atoms with Crippen molar-refractivity contribution in [2.75, 3.05) is 25.0 Å². The van der Waals surface area contributed by atoms with Gasteiger partial charge in [-0.3, -0.25) is 19.2 Å². The molecule has 1 atom stereocenters. The summed E-state index contributed by atoms with van der Waals surface area (Å²) in [6.07, 6.45) is 1.43. The largest absolute Gasteiger partial charge is 0.480 e. The van der Waals surface area contributed by atoms with Crippen molar-refractivity contribution in [1.82, 2.24) is 9.80 Å². The Morgan fingerprint density at radius 1 is 1.06 bits per heavy atom. The molecule has 1 aliphatic heterocycles. The third kappa shape index (κ3) is 5.36. The zero-order valence-corrected chi connectivity index (χ0v) is 16.9. The highest BCUT2D eigenvalue weighted by Crippen LogP contribution is 2.20. The van der Waals surface area contributed by atoms with Crippen molar-refractivity contribution in [2.45, 2.75) is 12.5 Å². The molecule has 8 nitrogen and oxygen atoms in total. The number of nitrogens with zero attached hydrogens (tertiary/aromatic N) is 2. The summed E-state index contributed by atoms with van der Waals surface area (Å²) in [5, 5.41) is 11.7. The summed E-state index contributed by atoms with van der Waals surface area (Å²) in [6.45, 7) is 3.37. The van der Waals surface area contributed by atoms with Crippen LogP contribution in [0.3, 0.4) is 0 Å². The number of piperazine rings is 1. The quantitative estimate of drug-likeness (QED) is 0.663. The highest BCUT2D eigenvalue weighted by Gasteiger charge is 2.38. The third-order valence-electron chi connectivity index (χ3n) is 5.03. The van der Waals surface area contributed by atoms with Crippen molar-refractivity contribution in [1.29, 1.82) is 0 Å². The number of amides is 3. The Morgan fingerprint density at radius 3 is 2.35 bits per heavy atom. The summed E-state index contributed by atoms with van der Waals surface area (Å²) in [7, 11) is 0. The Labute approximate surface area is 179 Å². The van der Waals surface area contributed by atoms with Gasteiger partial charge in [-0.05, 0) is 35.9 Å². The van der Waals surface area contributed by atoms with Crippen molar-refractivity contribution < 1.29 is 24.3 Å². The Kier molecular flexibility index (Phi) is 6.81. The molecule has 0 radical (unpaired) electrons. The summed E-state index contributed by atoms with van der Waals surface area (Å²) in [6, 6.07) is 14.8. The number of anilines is 1. The maximum Gasteiger partial charge on any atom is 0.323 e. The fraction of sp³-hybridized carbons (Fsp3) is 0.217. The fourth-order valence-electron chi connectivity index (χ4n) is 3.49. The molecule has 0 bridgehead atoms. The number of rotatable bonds is 7. The highest BCUT2D eigenvalue weighted by atomic mass is 16.4. The minimum atomic E-state index is -1.09. The van der Waals surface area contributed by atoms with Crippen LogP contribution in [0.1, 0.15) is 15.9 Å². The van der Waals surface area contributed by atoms with Crippen LogP contribution in [-0.4, -0.2) is 64.3 Å². The van der Waals surface area contributed by atoms with Crippen LogP contribution < -0.4 is 5.32 Å². The topological polar surface area (TPSA) is 107 Å². The summed E-state index contributed by atoms with van der Waals surface area (Å²) < 4.78 is 0.